The summed E-state index contributed by atoms with van der Waals surface area (Å²) in [5, 5.41) is 7.10. The van der Waals surface area contributed by atoms with Gasteiger partial charge in [0.1, 0.15) is 0 Å². The maximum Gasteiger partial charge on any atom is 0.254 e. The number of nitrogens with zero attached hydrogens (tertiary/aromatic N) is 3. The smallest absolute Gasteiger partial charge is 0.254 e. The lowest BCUT2D eigenvalue weighted by atomic mass is 10.2. The first kappa shape index (κ1) is 19.8. The number of aryl methyl sites for hydroxylation is 2. The molecule has 0 saturated carbocycles. The average Bonchev–Trinajstić information content (AvgIpc) is 3.10. The number of benzene rings is 2. The maximum atomic E-state index is 12.6. The molecule has 0 aliphatic carbocycles. The van der Waals surface area contributed by atoms with Gasteiger partial charge in [0.25, 0.3) is 5.91 Å². The van der Waals surface area contributed by atoms with Crippen LogP contribution in [0.25, 0.3) is 5.69 Å². The van der Waals surface area contributed by atoms with Crippen molar-refractivity contribution in [3.63, 3.8) is 0 Å². The summed E-state index contributed by atoms with van der Waals surface area (Å²) >= 11 is 3.40. The second-order valence-corrected chi connectivity index (χ2v) is 7.59. The molecule has 28 heavy (non-hydrogen) atoms. The summed E-state index contributed by atoms with van der Waals surface area (Å²) in [5.74, 6) is -0.462. The minimum atomic E-state index is -0.245. The van der Waals surface area contributed by atoms with Crippen LogP contribution in [0.3, 0.4) is 0 Å². The highest BCUT2D eigenvalue weighted by Gasteiger charge is 2.16. The highest BCUT2D eigenvalue weighted by molar-refractivity contribution is 9.10. The first-order valence-electron chi connectivity index (χ1n) is 8.76. The first-order valence-corrected chi connectivity index (χ1v) is 9.56. The molecule has 144 valence electrons. The van der Waals surface area contributed by atoms with Crippen molar-refractivity contribution in [2.75, 3.05) is 18.9 Å². The Morgan fingerprint density at radius 1 is 1.14 bits per heavy atom. The lowest BCUT2D eigenvalue weighted by Crippen LogP contribution is -2.35. The van der Waals surface area contributed by atoms with Crippen molar-refractivity contribution in [2.45, 2.75) is 13.8 Å². The van der Waals surface area contributed by atoms with Crippen LogP contribution in [0.4, 0.5) is 5.69 Å². The minimum absolute atomic E-state index is 0.0333. The van der Waals surface area contributed by atoms with Gasteiger partial charge in [-0.1, -0.05) is 15.9 Å². The van der Waals surface area contributed by atoms with Crippen molar-refractivity contribution >= 4 is 33.4 Å². The van der Waals surface area contributed by atoms with Crippen LogP contribution in [-0.2, 0) is 4.79 Å². The molecule has 0 unspecified atom stereocenters. The van der Waals surface area contributed by atoms with Gasteiger partial charge in [-0.25, -0.2) is 4.68 Å². The third-order valence-corrected chi connectivity index (χ3v) is 4.77. The summed E-state index contributed by atoms with van der Waals surface area (Å²) in [6.07, 6.45) is 3.69. The molecule has 0 spiro atoms. The Bertz CT molecular complexity index is 1010. The molecule has 0 aliphatic heterocycles. The summed E-state index contributed by atoms with van der Waals surface area (Å²) in [6.45, 7) is 3.85. The molecule has 1 N–H and O–H groups in total. The Morgan fingerprint density at radius 3 is 2.46 bits per heavy atom. The lowest BCUT2D eigenvalue weighted by Gasteiger charge is -2.17. The van der Waals surface area contributed by atoms with Crippen molar-refractivity contribution in [3.8, 4) is 5.69 Å². The lowest BCUT2D eigenvalue weighted by molar-refractivity contribution is -0.116. The third kappa shape index (κ3) is 4.67. The Hall–Kier alpha value is -2.93. The molecule has 0 bridgehead atoms. The maximum absolute atomic E-state index is 12.6. The van der Waals surface area contributed by atoms with Gasteiger partial charge in [0.05, 0.1) is 18.4 Å². The van der Waals surface area contributed by atoms with Crippen LogP contribution in [-0.4, -0.2) is 40.1 Å². The van der Waals surface area contributed by atoms with Crippen molar-refractivity contribution in [1.82, 2.24) is 14.7 Å². The number of rotatable bonds is 5. The quantitative estimate of drug-likeness (QED) is 0.652. The van der Waals surface area contributed by atoms with E-state index in [1.165, 1.54) is 4.90 Å². The van der Waals surface area contributed by atoms with Crippen molar-refractivity contribution in [3.05, 3.63) is 76.0 Å². The van der Waals surface area contributed by atoms with E-state index in [1.807, 2.05) is 50.4 Å². The second-order valence-electron chi connectivity index (χ2n) is 6.68. The third-order valence-electron chi connectivity index (χ3n) is 4.28. The molecule has 0 aliphatic rings. The van der Waals surface area contributed by atoms with Crippen molar-refractivity contribution < 1.29 is 9.59 Å². The molecule has 3 rings (SSSR count). The molecule has 0 saturated heterocycles. The number of aromatic nitrogens is 2. The number of halogens is 1. The van der Waals surface area contributed by atoms with Gasteiger partial charge in [0.2, 0.25) is 5.91 Å². The minimum Gasteiger partial charge on any atom is -0.332 e. The number of hydrogen-bond donors (Lipinski definition) is 1. The predicted molar refractivity (Wildman–Crippen MR) is 113 cm³/mol. The van der Waals surface area contributed by atoms with Gasteiger partial charge in [-0.15, -0.1) is 0 Å². The van der Waals surface area contributed by atoms with E-state index < -0.39 is 0 Å². The van der Waals surface area contributed by atoms with Crippen LogP contribution >= 0.6 is 15.9 Å². The molecule has 1 aromatic heterocycles. The van der Waals surface area contributed by atoms with E-state index in [0.29, 0.717) is 5.56 Å². The highest BCUT2D eigenvalue weighted by atomic mass is 79.9. The number of likely N-dealkylation sites (N-methyl/N-ethyl adjacent to an activating group) is 1. The Balaban J connectivity index is 1.62. The average molecular weight is 441 g/mol. The number of amides is 2. The highest BCUT2D eigenvalue weighted by Crippen LogP contribution is 2.20. The zero-order chi connectivity index (χ0) is 20.3. The van der Waals surface area contributed by atoms with E-state index in [-0.39, 0.29) is 18.4 Å². The normalized spacial score (nSPS) is 10.6. The zero-order valence-electron chi connectivity index (χ0n) is 15.9. The summed E-state index contributed by atoms with van der Waals surface area (Å²) in [6, 6.07) is 12.8. The van der Waals surface area contributed by atoms with E-state index in [2.05, 4.69) is 26.3 Å². The predicted octanol–water partition coefficient (Wildman–Crippen LogP) is 3.96. The summed E-state index contributed by atoms with van der Waals surface area (Å²) in [5.41, 5.74) is 4.12. The fourth-order valence-electron chi connectivity index (χ4n) is 2.78. The number of nitrogens with one attached hydrogen (secondary N) is 1. The van der Waals surface area contributed by atoms with Gasteiger partial charge in [-0.05, 0) is 67.4 Å². The SMILES string of the molecule is Cc1cnn(-c2ccc(C(=O)N(C)CC(=O)Nc3ccc(Br)cc3C)cc2)c1. The molecule has 3 aromatic rings. The first-order chi connectivity index (χ1) is 13.3. The summed E-state index contributed by atoms with van der Waals surface area (Å²) < 4.78 is 2.70. The number of anilines is 1. The van der Waals surface area contributed by atoms with Crippen molar-refractivity contribution in [1.29, 1.82) is 0 Å². The number of carbonyl (C=O) groups is 2. The summed E-state index contributed by atoms with van der Waals surface area (Å²) in [7, 11) is 1.61. The fraction of sp³-hybridized carbons (Fsp3) is 0.190. The molecule has 0 atom stereocenters. The molecule has 2 aromatic carbocycles. The van der Waals surface area contributed by atoms with Crippen LogP contribution in [0.5, 0.6) is 0 Å². The number of hydrogen-bond acceptors (Lipinski definition) is 3. The topological polar surface area (TPSA) is 67.2 Å². The van der Waals surface area contributed by atoms with Crippen LogP contribution in [0.2, 0.25) is 0 Å². The molecule has 7 heteroatoms. The molecule has 0 fully saturated rings. The van der Waals surface area contributed by atoms with Crippen LogP contribution in [0.15, 0.2) is 59.3 Å². The fourth-order valence-corrected chi connectivity index (χ4v) is 3.25. The molecule has 6 nitrogen and oxygen atoms in total. The molecular weight excluding hydrogens is 420 g/mol. The van der Waals surface area contributed by atoms with Crippen LogP contribution in [0.1, 0.15) is 21.5 Å². The van der Waals surface area contributed by atoms with Gasteiger partial charge in [0, 0.05) is 29.0 Å². The summed E-state index contributed by atoms with van der Waals surface area (Å²) in [4.78, 5) is 26.3. The molecular formula is C21H21BrN4O2. The van der Waals surface area contributed by atoms with E-state index in [9.17, 15) is 9.59 Å². The largest absolute Gasteiger partial charge is 0.332 e. The molecule has 2 amide bonds. The van der Waals surface area contributed by atoms with Crippen LogP contribution in [0, 0.1) is 13.8 Å². The number of carbonyl (C=O) groups excluding carboxylic acids is 2. The zero-order valence-corrected chi connectivity index (χ0v) is 17.5. The van der Waals surface area contributed by atoms with Gasteiger partial charge in [-0.2, -0.15) is 5.10 Å². The Kier molecular flexibility index (Phi) is 5.94. The van der Waals surface area contributed by atoms with Gasteiger partial charge in [-0.3, -0.25) is 9.59 Å². The Morgan fingerprint density at radius 2 is 1.86 bits per heavy atom. The van der Waals surface area contributed by atoms with E-state index >= 15 is 0 Å². The standard InChI is InChI=1S/C21H21BrN4O2/c1-14-11-23-26(12-14)18-7-4-16(5-8-18)21(28)25(3)13-20(27)24-19-9-6-17(22)10-15(19)2/h4-12H,13H2,1-3H3,(H,24,27). The van der Waals surface area contributed by atoms with Crippen LogP contribution < -0.4 is 5.32 Å². The molecule has 1 heterocycles. The van der Waals surface area contributed by atoms with E-state index in [4.69, 9.17) is 0 Å². The van der Waals surface area contributed by atoms with Gasteiger partial charge in [0.15, 0.2) is 0 Å². The van der Waals surface area contributed by atoms with E-state index in [1.54, 1.807) is 30.1 Å². The molecule has 0 radical (unpaired) electrons. The van der Waals surface area contributed by atoms with Gasteiger partial charge >= 0.3 is 0 Å². The van der Waals surface area contributed by atoms with Crippen molar-refractivity contribution in [2.24, 2.45) is 0 Å². The second kappa shape index (κ2) is 8.39. The monoisotopic (exact) mass is 440 g/mol. The Labute approximate surface area is 172 Å². The van der Waals surface area contributed by atoms with Gasteiger partial charge < -0.3 is 10.2 Å². The van der Waals surface area contributed by atoms with E-state index in [0.717, 1.165) is 27.0 Å².